The number of benzene rings is 1. The second-order valence-electron chi connectivity index (χ2n) is 3.64. The monoisotopic (exact) mass is 328 g/mol. The van der Waals surface area contributed by atoms with Crippen LogP contribution in [0.1, 0.15) is 0 Å². The topological polar surface area (TPSA) is 72.9 Å². The molecule has 2 aromatic rings. The lowest BCUT2D eigenvalue weighted by molar-refractivity contribution is -0.116. The maximum atomic E-state index is 11.8. The Bertz CT molecular complexity index is 584. The fourth-order valence-electron chi connectivity index (χ4n) is 1.39. The third kappa shape index (κ3) is 3.24. The summed E-state index contributed by atoms with van der Waals surface area (Å²) in [6.07, 6.45) is 3.33. The first-order valence-corrected chi connectivity index (χ1v) is 6.24. The average Bonchev–Trinajstić information content (AvgIpc) is 2.68. The number of aromatic nitrogens is 2. The molecule has 0 aliphatic carbocycles. The molecule has 0 radical (unpaired) electrons. The zero-order chi connectivity index (χ0) is 13.1. The Kier molecular flexibility index (Phi) is 3.88. The van der Waals surface area contributed by atoms with Gasteiger partial charge in [0.05, 0.1) is 21.4 Å². The molecule has 1 aromatic heterocycles. The molecule has 0 atom stereocenters. The average molecular weight is 330 g/mol. The lowest BCUT2D eigenvalue weighted by Gasteiger charge is -2.07. The Hall–Kier alpha value is -1.53. The van der Waals surface area contributed by atoms with Crippen LogP contribution in [0.2, 0.25) is 5.02 Å². The SMILES string of the molecule is Nc1ccc(NC(=O)Cn2cc(Br)cn2)c(Cl)c1. The molecule has 5 nitrogen and oxygen atoms in total. The van der Waals surface area contributed by atoms with Gasteiger partial charge in [-0.15, -0.1) is 0 Å². The van der Waals surface area contributed by atoms with E-state index >= 15 is 0 Å². The Morgan fingerprint density at radius 1 is 1.56 bits per heavy atom. The maximum Gasteiger partial charge on any atom is 0.246 e. The molecular formula is C11H10BrClN4O. The van der Waals surface area contributed by atoms with Crippen LogP contribution >= 0.6 is 27.5 Å². The highest BCUT2D eigenvalue weighted by atomic mass is 79.9. The van der Waals surface area contributed by atoms with Crippen LogP contribution < -0.4 is 11.1 Å². The fourth-order valence-corrected chi connectivity index (χ4v) is 1.96. The van der Waals surface area contributed by atoms with E-state index in [1.807, 2.05) is 0 Å². The van der Waals surface area contributed by atoms with Crippen molar-refractivity contribution in [2.45, 2.75) is 6.54 Å². The number of halogens is 2. The molecule has 0 saturated heterocycles. The summed E-state index contributed by atoms with van der Waals surface area (Å²) in [6.45, 7) is 0.117. The Morgan fingerprint density at radius 3 is 2.94 bits per heavy atom. The Balaban J connectivity index is 2.03. The highest BCUT2D eigenvalue weighted by Gasteiger charge is 2.07. The minimum atomic E-state index is -0.211. The summed E-state index contributed by atoms with van der Waals surface area (Å²) in [7, 11) is 0. The minimum Gasteiger partial charge on any atom is -0.399 e. The number of nitrogen functional groups attached to an aromatic ring is 1. The predicted octanol–water partition coefficient (Wildman–Crippen LogP) is 2.52. The lowest BCUT2D eigenvalue weighted by atomic mass is 10.3. The van der Waals surface area contributed by atoms with Crippen molar-refractivity contribution in [2.75, 3.05) is 11.1 Å². The molecule has 18 heavy (non-hydrogen) atoms. The summed E-state index contributed by atoms with van der Waals surface area (Å²) in [6, 6.07) is 4.92. The molecule has 0 fully saturated rings. The molecule has 94 valence electrons. The van der Waals surface area contributed by atoms with Crippen LogP contribution in [0.3, 0.4) is 0 Å². The molecule has 0 bridgehead atoms. The predicted molar refractivity (Wildman–Crippen MR) is 74.4 cm³/mol. The van der Waals surface area contributed by atoms with Gasteiger partial charge >= 0.3 is 0 Å². The van der Waals surface area contributed by atoms with Crippen molar-refractivity contribution in [2.24, 2.45) is 0 Å². The van der Waals surface area contributed by atoms with Crippen molar-refractivity contribution in [3.8, 4) is 0 Å². The third-order valence-electron chi connectivity index (χ3n) is 2.17. The van der Waals surface area contributed by atoms with Crippen molar-refractivity contribution in [1.29, 1.82) is 0 Å². The summed E-state index contributed by atoms with van der Waals surface area (Å²) in [5, 5.41) is 7.09. The van der Waals surface area contributed by atoms with Gasteiger partial charge in [0.15, 0.2) is 0 Å². The summed E-state index contributed by atoms with van der Waals surface area (Å²) in [4.78, 5) is 11.8. The van der Waals surface area contributed by atoms with Gasteiger partial charge in [-0.05, 0) is 34.1 Å². The van der Waals surface area contributed by atoms with Crippen molar-refractivity contribution in [3.05, 3.63) is 40.1 Å². The van der Waals surface area contributed by atoms with Crippen molar-refractivity contribution >= 4 is 44.8 Å². The fraction of sp³-hybridized carbons (Fsp3) is 0.0909. The van der Waals surface area contributed by atoms with Gasteiger partial charge in [0.2, 0.25) is 5.91 Å². The molecule has 0 spiro atoms. The highest BCUT2D eigenvalue weighted by molar-refractivity contribution is 9.10. The third-order valence-corrected chi connectivity index (χ3v) is 2.90. The summed E-state index contributed by atoms with van der Waals surface area (Å²) < 4.78 is 2.34. The summed E-state index contributed by atoms with van der Waals surface area (Å²) in [5.41, 5.74) is 6.65. The second-order valence-corrected chi connectivity index (χ2v) is 4.97. The standard InChI is InChI=1S/C11H10BrClN4O/c12-7-4-15-17(5-7)6-11(18)16-10-2-1-8(14)3-9(10)13/h1-5H,6,14H2,(H,16,18). The van der Waals surface area contributed by atoms with E-state index in [0.29, 0.717) is 16.4 Å². The molecule has 1 heterocycles. The Labute approximate surface area is 117 Å². The van der Waals surface area contributed by atoms with E-state index in [4.69, 9.17) is 17.3 Å². The smallest absolute Gasteiger partial charge is 0.246 e. The largest absolute Gasteiger partial charge is 0.399 e. The number of nitrogens with zero attached hydrogens (tertiary/aromatic N) is 2. The van der Waals surface area contributed by atoms with E-state index in [0.717, 1.165) is 4.47 Å². The number of carbonyl (C=O) groups excluding carboxylic acids is 1. The van der Waals surface area contributed by atoms with E-state index in [2.05, 4.69) is 26.3 Å². The number of hydrogen-bond acceptors (Lipinski definition) is 3. The molecule has 2 rings (SSSR count). The molecule has 1 aromatic carbocycles. The maximum absolute atomic E-state index is 11.8. The van der Waals surface area contributed by atoms with E-state index in [1.54, 1.807) is 30.6 Å². The van der Waals surface area contributed by atoms with Crippen LogP contribution in [0.15, 0.2) is 35.1 Å². The zero-order valence-electron chi connectivity index (χ0n) is 9.23. The molecule has 1 amide bonds. The van der Waals surface area contributed by atoms with Crippen LogP contribution in [-0.4, -0.2) is 15.7 Å². The Morgan fingerprint density at radius 2 is 2.33 bits per heavy atom. The van der Waals surface area contributed by atoms with Gasteiger partial charge in [-0.3, -0.25) is 9.48 Å². The van der Waals surface area contributed by atoms with Crippen molar-refractivity contribution in [3.63, 3.8) is 0 Å². The minimum absolute atomic E-state index is 0.117. The normalized spacial score (nSPS) is 10.3. The molecule has 0 aliphatic heterocycles. The lowest BCUT2D eigenvalue weighted by Crippen LogP contribution is -2.19. The van der Waals surface area contributed by atoms with E-state index < -0.39 is 0 Å². The van der Waals surface area contributed by atoms with Gasteiger partial charge < -0.3 is 11.1 Å². The summed E-state index contributed by atoms with van der Waals surface area (Å²) >= 11 is 9.21. The number of nitrogens with two attached hydrogens (primary N) is 1. The van der Waals surface area contributed by atoms with Gasteiger partial charge in [-0.25, -0.2) is 0 Å². The van der Waals surface area contributed by atoms with Crippen LogP contribution in [0.25, 0.3) is 0 Å². The van der Waals surface area contributed by atoms with E-state index in [1.165, 1.54) is 4.68 Å². The molecule has 7 heteroatoms. The van der Waals surface area contributed by atoms with Crippen molar-refractivity contribution in [1.82, 2.24) is 9.78 Å². The van der Waals surface area contributed by atoms with Crippen LogP contribution in [0.5, 0.6) is 0 Å². The summed E-state index contributed by atoms with van der Waals surface area (Å²) in [5.74, 6) is -0.211. The molecule has 3 N–H and O–H groups in total. The molecule has 0 aliphatic rings. The quantitative estimate of drug-likeness (QED) is 0.850. The number of rotatable bonds is 3. The first-order chi connectivity index (χ1) is 8.54. The number of carbonyl (C=O) groups is 1. The number of amides is 1. The zero-order valence-corrected chi connectivity index (χ0v) is 11.6. The van der Waals surface area contributed by atoms with E-state index in [-0.39, 0.29) is 12.5 Å². The van der Waals surface area contributed by atoms with Crippen LogP contribution in [0, 0.1) is 0 Å². The highest BCUT2D eigenvalue weighted by Crippen LogP contribution is 2.23. The molecule has 0 saturated carbocycles. The van der Waals surface area contributed by atoms with Gasteiger partial charge in [0.25, 0.3) is 0 Å². The van der Waals surface area contributed by atoms with Crippen LogP contribution in [-0.2, 0) is 11.3 Å². The first kappa shape index (κ1) is 12.9. The second kappa shape index (κ2) is 5.41. The molecular weight excluding hydrogens is 320 g/mol. The van der Waals surface area contributed by atoms with Gasteiger partial charge in [-0.1, -0.05) is 11.6 Å². The van der Waals surface area contributed by atoms with Crippen LogP contribution in [0.4, 0.5) is 11.4 Å². The first-order valence-electron chi connectivity index (χ1n) is 5.07. The number of hydrogen-bond donors (Lipinski definition) is 2. The van der Waals surface area contributed by atoms with Gasteiger partial charge in [0, 0.05) is 11.9 Å². The van der Waals surface area contributed by atoms with Gasteiger partial charge in [0.1, 0.15) is 6.54 Å². The number of nitrogens with one attached hydrogen (secondary N) is 1. The van der Waals surface area contributed by atoms with E-state index in [9.17, 15) is 4.79 Å². The van der Waals surface area contributed by atoms with Crippen molar-refractivity contribution < 1.29 is 4.79 Å². The number of anilines is 2. The molecule has 0 unspecified atom stereocenters. The van der Waals surface area contributed by atoms with Gasteiger partial charge in [-0.2, -0.15) is 5.10 Å².